The number of benzene rings is 1. The van der Waals surface area contributed by atoms with Crippen molar-refractivity contribution in [2.45, 2.75) is 51.5 Å². The second kappa shape index (κ2) is 7.76. The monoisotopic (exact) mass is 376 g/mol. The number of carbonyl (C=O) groups excluding carboxylic acids is 2. The van der Waals surface area contributed by atoms with E-state index in [9.17, 15) is 14.7 Å². The van der Waals surface area contributed by atoms with Gasteiger partial charge in [-0.05, 0) is 32.8 Å². The predicted octanol–water partition coefficient (Wildman–Crippen LogP) is 2.63. The van der Waals surface area contributed by atoms with Crippen molar-refractivity contribution in [2.24, 2.45) is 5.92 Å². The Morgan fingerprint density at radius 3 is 2.48 bits per heavy atom. The minimum Gasteiger partial charge on any atom is -0.445 e. The van der Waals surface area contributed by atoms with E-state index in [-0.39, 0.29) is 31.2 Å². The molecule has 1 aromatic rings. The molecule has 0 radical (unpaired) electrons. The standard InChI is InChI=1S/C20H28N2O5/c1-20(2,3)27-19(25)21-10-9-16-17(21)15(12-23)11-22(16)18(24)26-13-14-7-5-4-6-8-14/h4-8,15-17,23H,9-13H2,1-3H3/t15-,16?,17?/m1/s1. The third kappa shape index (κ3) is 4.35. The van der Waals surface area contributed by atoms with Crippen LogP contribution in [0.3, 0.4) is 0 Å². The Bertz CT molecular complexity index is 673. The number of likely N-dealkylation sites (tertiary alicyclic amines) is 2. The van der Waals surface area contributed by atoms with Crippen molar-refractivity contribution in [3.63, 3.8) is 0 Å². The summed E-state index contributed by atoms with van der Waals surface area (Å²) in [6.45, 7) is 6.45. The maximum Gasteiger partial charge on any atom is 0.410 e. The van der Waals surface area contributed by atoms with Crippen LogP contribution in [0.15, 0.2) is 30.3 Å². The van der Waals surface area contributed by atoms with Gasteiger partial charge in [0.15, 0.2) is 0 Å². The van der Waals surface area contributed by atoms with Crippen molar-refractivity contribution in [1.82, 2.24) is 9.80 Å². The van der Waals surface area contributed by atoms with Gasteiger partial charge in [-0.25, -0.2) is 9.59 Å². The van der Waals surface area contributed by atoms with Gasteiger partial charge in [0.2, 0.25) is 0 Å². The third-order valence-corrected chi connectivity index (χ3v) is 5.04. The summed E-state index contributed by atoms with van der Waals surface area (Å²) in [5.41, 5.74) is 0.332. The summed E-state index contributed by atoms with van der Waals surface area (Å²) in [7, 11) is 0. The van der Waals surface area contributed by atoms with Crippen LogP contribution in [0.2, 0.25) is 0 Å². The average molecular weight is 376 g/mol. The molecule has 0 bridgehead atoms. The highest BCUT2D eigenvalue weighted by Gasteiger charge is 2.52. The largest absolute Gasteiger partial charge is 0.445 e. The first-order valence-corrected chi connectivity index (χ1v) is 9.38. The molecule has 2 saturated heterocycles. The lowest BCUT2D eigenvalue weighted by Crippen LogP contribution is -2.45. The van der Waals surface area contributed by atoms with Gasteiger partial charge in [0, 0.05) is 25.6 Å². The van der Waals surface area contributed by atoms with Gasteiger partial charge in [-0.3, -0.25) is 0 Å². The molecule has 0 saturated carbocycles. The van der Waals surface area contributed by atoms with Crippen LogP contribution in [-0.4, -0.2) is 64.5 Å². The van der Waals surface area contributed by atoms with Gasteiger partial charge in [-0.1, -0.05) is 30.3 Å². The fourth-order valence-corrected chi connectivity index (χ4v) is 3.92. The van der Waals surface area contributed by atoms with Crippen LogP contribution in [0, 0.1) is 5.92 Å². The molecule has 3 rings (SSSR count). The molecule has 1 aromatic carbocycles. The van der Waals surface area contributed by atoms with Crippen LogP contribution >= 0.6 is 0 Å². The molecule has 2 heterocycles. The first-order chi connectivity index (χ1) is 12.8. The van der Waals surface area contributed by atoms with E-state index >= 15 is 0 Å². The molecule has 3 atom stereocenters. The first-order valence-electron chi connectivity index (χ1n) is 9.38. The normalized spacial score (nSPS) is 24.7. The minimum absolute atomic E-state index is 0.0943. The number of hydrogen-bond donors (Lipinski definition) is 1. The van der Waals surface area contributed by atoms with Crippen LogP contribution < -0.4 is 0 Å². The summed E-state index contributed by atoms with van der Waals surface area (Å²) in [5.74, 6) is -0.200. The number of ether oxygens (including phenoxy) is 2. The molecular formula is C20H28N2O5. The summed E-state index contributed by atoms with van der Waals surface area (Å²) in [4.78, 5) is 28.5. The van der Waals surface area contributed by atoms with Gasteiger partial charge >= 0.3 is 12.2 Å². The third-order valence-electron chi connectivity index (χ3n) is 5.04. The molecule has 7 nitrogen and oxygen atoms in total. The number of aliphatic hydroxyl groups is 1. The number of hydrogen-bond acceptors (Lipinski definition) is 5. The van der Waals surface area contributed by atoms with Crippen LogP contribution in [0.25, 0.3) is 0 Å². The van der Waals surface area contributed by atoms with Crippen LogP contribution in [0.1, 0.15) is 32.8 Å². The molecule has 7 heteroatoms. The Labute approximate surface area is 159 Å². The summed E-state index contributed by atoms with van der Waals surface area (Å²) in [6.07, 6.45) is -0.148. The van der Waals surface area contributed by atoms with Crippen molar-refractivity contribution >= 4 is 12.2 Å². The van der Waals surface area contributed by atoms with E-state index in [2.05, 4.69) is 0 Å². The summed E-state index contributed by atoms with van der Waals surface area (Å²) < 4.78 is 11.0. The highest BCUT2D eigenvalue weighted by molar-refractivity contribution is 5.72. The fourth-order valence-electron chi connectivity index (χ4n) is 3.92. The fraction of sp³-hybridized carbons (Fsp3) is 0.600. The second-order valence-electron chi connectivity index (χ2n) is 8.16. The molecule has 2 aliphatic heterocycles. The van der Waals surface area contributed by atoms with Crippen molar-refractivity contribution in [3.8, 4) is 0 Å². The zero-order chi connectivity index (χ0) is 19.6. The summed E-state index contributed by atoms with van der Waals surface area (Å²) >= 11 is 0. The topological polar surface area (TPSA) is 79.3 Å². The predicted molar refractivity (Wildman–Crippen MR) is 99.0 cm³/mol. The van der Waals surface area contributed by atoms with E-state index in [1.54, 1.807) is 9.80 Å². The van der Waals surface area contributed by atoms with E-state index in [0.29, 0.717) is 19.5 Å². The Morgan fingerprint density at radius 2 is 1.85 bits per heavy atom. The average Bonchev–Trinajstić information content (AvgIpc) is 3.19. The van der Waals surface area contributed by atoms with Crippen LogP contribution in [0.4, 0.5) is 9.59 Å². The number of carbonyl (C=O) groups is 2. The smallest absolute Gasteiger partial charge is 0.410 e. The van der Waals surface area contributed by atoms with Crippen molar-refractivity contribution in [3.05, 3.63) is 35.9 Å². The maximum atomic E-state index is 12.6. The van der Waals surface area contributed by atoms with E-state index < -0.39 is 17.8 Å². The number of rotatable bonds is 3. The van der Waals surface area contributed by atoms with Gasteiger partial charge in [-0.2, -0.15) is 0 Å². The molecule has 0 aliphatic carbocycles. The van der Waals surface area contributed by atoms with E-state index in [1.165, 1.54) is 0 Å². The lowest BCUT2D eigenvalue weighted by molar-refractivity contribution is 0.0167. The molecule has 148 valence electrons. The number of amides is 2. The summed E-state index contributed by atoms with van der Waals surface area (Å²) in [5, 5.41) is 9.80. The molecular weight excluding hydrogens is 348 g/mol. The number of aliphatic hydroxyl groups excluding tert-OH is 1. The summed E-state index contributed by atoms with van der Waals surface area (Å²) in [6, 6.07) is 9.10. The van der Waals surface area contributed by atoms with Crippen LogP contribution in [0.5, 0.6) is 0 Å². The highest BCUT2D eigenvalue weighted by atomic mass is 16.6. The van der Waals surface area contributed by atoms with Gasteiger partial charge < -0.3 is 24.4 Å². The molecule has 27 heavy (non-hydrogen) atoms. The zero-order valence-corrected chi connectivity index (χ0v) is 16.1. The second-order valence-corrected chi connectivity index (χ2v) is 8.16. The van der Waals surface area contributed by atoms with Gasteiger partial charge in [0.05, 0.1) is 12.1 Å². The quantitative estimate of drug-likeness (QED) is 0.877. The maximum absolute atomic E-state index is 12.6. The van der Waals surface area contributed by atoms with E-state index in [1.807, 2.05) is 51.1 Å². The Morgan fingerprint density at radius 1 is 1.15 bits per heavy atom. The number of fused-ring (bicyclic) bond motifs is 1. The van der Waals surface area contributed by atoms with Gasteiger partial charge in [0.1, 0.15) is 12.2 Å². The van der Waals surface area contributed by atoms with Crippen molar-refractivity contribution < 1.29 is 24.2 Å². The number of nitrogens with zero attached hydrogens (tertiary/aromatic N) is 2. The molecule has 0 spiro atoms. The van der Waals surface area contributed by atoms with E-state index in [0.717, 1.165) is 5.56 Å². The lowest BCUT2D eigenvalue weighted by Gasteiger charge is -2.30. The molecule has 2 amide bonds. The van der Waals surface area contributed by atoms with Gasteiger partial charge in [-0.15, -0.1) is 0 Å². The molecule has 1 N–H and O–H groups in total. The van der Waals surface area contributed by atoms with Crippen LogP contribution in [-0.2, 0) is 16.1 Å². The van der Waals surface area contributed by atoms with Crippen molar-refractivity contribution in [2.75, 3.05) is 19.7 Å². The Kier molecular flexibility index (Phi) is 5.60. The molecule has 0 aromatic heterocycles. The molecule has 2 unspecified atom stereocenters. The lowest BCUT2D eigenvalue weighted by atomic mass is 10.0. The molecule has 2 fully saturated rings. The van der Waals surface area contributed by atoms with Gasteiger partial charge in [0.25, 0.3) is 0 Å². The Balaban J connectivity index is 1.66. The molecule has 2 aliphatic rings. The SMILES string of the molecule is CC(C)(C)OC(=O)N1CCC2C1[C@@H](CO)CN2C(=O)OCc1ccccc1. The van der Waals surface area contributed by atoms with Crippen molar-refractivity contribution in [1.29, 1.82) is 0 Å². The zero-order valence-electron chi connectivity index (χ0n) is 16.1. The minimum atomic E-state index is -0.587. The first kappa shape index (κ1) is 19.5. The highest BCUT2D eigenvalue weighted by Crippen LogP contribution is 2.36. The Hall–Kier alpha value is -2.28. The van der Waals surface area contributed by atoms with E-state index in [4.69, 9.17) is 9.47 Å².